The topological polar surface area (TPSA) is 64.3 Å². The van der Waals surface area contributed by atoms with Gasteiger partial charge in [0.1, 0.15) is 6.42 Å². The summed E-state index contributed by atoms with van der Waals surface area (Å²) in [6.07, 6.45) is 2.28. The SMILES string of the molecule is CC(O)C1CCCCN1C(=O)CC#N. The fourth-order valence-corrected chi connectivity index (χ4v) is 1.94. The summed E-state index contributed by atoms with van der Waals surface area (Å²) in [5.74, 6) is -0.155. The van der Waals surface area contributed by atoms with E-state index in [1.807, 2.05) is 6.07 Å². The average Bonchev–Trinajstić information content (AvgIpc) is 2.18. The minimum atomic E-state index is -0.502. The van der Waals surface area contributed by atoms with Gasteiger partial charge in [-0.2, -0.15) is 5.26 Å². The third kappa shape index (κ3) is 2.46. The number of nitrogens with zero attached hydrogens (tertiary/aromatic N) is 2. The number of carbonyl (C=O) groups excluding carboxylic acids is 1. The van der Waals surface area contributed by atoms with Crippen molar-refractivity contribution in [1.82, 2.24) is 4.90 Å². The van der Waals surface area contributed by atoms with Crippen LogP contribution in [-0.2, 0) is 4.79 Å². The zero-order valence-corrected chi connectivity index (χ0v) is 8.44. The maximum Gasteiger partial charge on any atom is 0.237 e. The molecular formula is C10H16N2O2. The Labute approximate surface area is 84.1 Å². The number of rotatable bonds is 2. The van der Waals surface area contributed by atoms with Crippen molar-refractivity contribution in [2.24, 2.45) is 0 Å². The van der Waals surface area contributed by atoms with Crippen molar-refractivity contribution >= 4 is 5.91 Å². The van der Waals surface area contributed by atoms with E-state index in [2.05, 4.69) is 0 Å². The predicted molar refractivity (Wildman–Crippen MR) is 51.3 cm³/mol. The number of nitriles is 1. The molecule has 0 aromatic carbocycles. The van der Waals surface area contributed by atoms with E-state index in [1.54, 1.807) is 11.8 Å². The number of amides is 1. The normalized spacial score (nSPS) is 24.1. The van der Waals surface area contributed by atoms with E-state index in [0.717, 1.165) is 19.3 Å². The molecule has 0 spiro atoms. The van der Waals surface area contributed by atoms with Crippen LogP contribution in [0.25, 0.3) is 0 Å². The number of likely N-dealkylation sites (tertiary alicyclic amines) is 1. The van der Waals surface area contributed by atoms with Crippen LogP contribution in [0.3, 0.4) is 0 Å². The maximum absolute atomic E-state index is 11.5. The number of piperidine rings is 1. The van der Waals surface area contributed by atoms with Crippen LogP contribution < -0.4 is 0 Å². The molecule has 0 aromatic rings. The first kappa shape index (κ1) is 11.0. The van der Waals surface area contributed by atoms with Gasteiger partial charge in [0.25, 0.3) is 0 Å². The van der Waals surface area contributed by atoms with Gasteiger partial charge in [0.2, 0.25) is 5.91 Å². The average molecular weight is 196 g/mol. The molecule has 1 heterocycles. The Bertz CT molecular complexity index is 245. The molecule has 1 saturated heterocycles. The van der Waals surface area contributed by atoms with Gasteiger partial charge >= 0.3 is 0 Å². The predicted octanol–water partition coefficient (Wildman–Crippen LogP) is 0.662. The Kier molecular flexibility index (Phi) is 3.90. The Morgan fingerprint density at radius 1 is 1.71 bits per heavy atom. The summed E-state index contributed by atoms with van der Waals surface area (Å²) in [5, 5.41) is 17.9. The van der Waals surface area contributed by atoms with E-state index in [9.17, 15) is 9.90 Å². The van der Waals surface area contributed by atoms with Crippen LogP contribution in [0.2, 0.25) is 0 Å². The molecule has 1 rings (SSSR count). The summed E-state index contributed by atoms with van der Waals surface area (Å²) in [5.41, 5.74) is 0. The first-order valence-electron chi connectivity index (χ1n) is 5.01. The van der Waals surface area contributed by atoms with Gasteiger partial charge in [-0.25, -0.2) is 0 Å². The summed E-state index contributed by atoms with van der Waals surface area (Å²) in [4.78, 5) is 13.2. The zero-order valence-electron chi connectivity index (χ0n) is 8.44. The maximum atomic E-state index is 11.5. The summed E-state index contributed by atoms with van der Waals surface area (Å²) in [6, 6.07) is 1.76. The van der Waals surface area contributed by atoms with Crippen molar-refractivity contribution in [2.75, 3.05) is 6.54 Å². The molecule has 1 amide bonds. The lowest BCUT2D eigenvalue weighted by molar-refractivity contribution is -0.136. The zero-order chi connectivity index (χ0) is 10.6. The summed E-state index contributed by atoms with van der Waals surface area (Å²) in [6.45, 7) is 2.37. The first-order valence-corrected chi connectivity index (χ1v) is 5.01. The van der Waals surface area contributed by atoms with Gasteiger partial charge in [-0.3, -0.25) is 4.79 Å². The quantitative estimate of drug-likeness (QED) is 0.705. The van der Waals surface area contributed by atoms with Gasteiger partial charge in [-0.15, -0.1) is 0 Å². The van der Waals surface area contributed by atoms with Crippen LogP contribution >= 0.6 is 0 Å². The minimum Gasteiger partial charge on any atom is -0.391 e. The number of aliphatic hydroxyl groups excluding tert-OH is 1. The second-order valence-electron chi connectivity index (χ2n) is 3.73. The molecule has 4 heteroatoms. The second-order valence-corrected chi connectivity index (χ2v) is 3.73. The molecule has 0 radical (unpaired) electrons. The van der Waals surface area contributed by atoms with Crippen LogP contribution in [0.1, 0.15) is 32.6 Å². The van der Waals surface area contributed by atoms with Crippen LogP contribution in [0.15, 0.2) is 0 Å². The molecule has 2 atom stereocenters. The highest BCUT2D eigenvalue weighted by molar-refractivity contribution is 5.78. The molecular weight excluding hydrogens is 180 g/mol. The Hall–Kier alpha value is -1.08. The lowest BCUT2D eigenvalue weighted by Crippen LogP contribution is -2.48. The standard InChI is InChI=1S/C10H16N2O2/c1-8(13)9-4-2-3-7-12(9)10(14)5-6-11/h8-9,13H,2-5,7H2,1H3. The highest BCUT2D eigenvalue weighted by atomic mass is 16.3. The third-order valence-corrected chi connectivity index (χ3v) is 2.66. The molecule has 78 valence electrons. The van der Waals surface area contributed by atoms with E-state index < -0.39 is 6.10 Å². The minimum absolute atomic E-state index is 0.0801. The highest BCUT2D eigenvalue weighted by Crippen LogP contribution is 2.20. The Morgan fingerprint density at radius 2 is 2.43 bits per heavy atom. The molecule has 14 heavy (non-hydrogen) atoms. The van der Waals surface area contributed by atoms with Gasteiger partial charge in [0, 0.05) is 6.54 Å². The molecule has 0 aromatic heterocycles. The molecule has 1 fully saturated rings. The molecule has 1 aliphatic rings. The van der Waals surface area contributed by atoms with Crippen molar-refractivity contribution in [3.63, 3.8) is 0 Å². The van der Waals surface area contributed by atoms with Gasteiger partial charge < -0.3 is 10.0 Å². The van der Waals surface area contributed by atoms with Crippen LogP contribution in [-0.4, -0.2) is 34.6 Å². The third-order valence-electron chi connectivity index (χ3n) is 2.66. The number of hydrogen-bond donors (Lipinski definition) is 1. The molecule has 1 N–H and O–H groups in total. The smallest absolute Gasteiger partial charge is 0.237 e. The molecule has 0 saturated carbocycles. The molecule has 2 unspecified atom stereocenters. The van der Waals surface area contributed by atoms with Crippen LogP contribution in [0.4, 0.5) is 0 Å². The van der Waals surface area contributed by atoms with E-state index in [0.29, 0.717) is 6.54 Å². The van der Waals surface area contributed by atoms with Gasteiger partial charge in [-0.1, -0.05) is 0 Å². The molecule has 1 aliphatic heterocycles. The van der Waals surface area contributed by atoms with Gasteiger partial charge in [0.15, 0.2) is 0 Å². The van der Waals surface area contributed by atoms with Crippen molar-refractivity contribution in [3.05, 3.63) is 0 Å². The van der Waals surface area contributed by atoms with E-state index >= 15 is 0 Å². The summed E-state index contributed by atoms with van der Waals surface area (Å²) in [7, 11) is 0. The van der Waals surface area contributed by atoms with Crippen molar-refractivity contribution in [3.8, 4) is 6.07 Å². The fraction of sp³-hybridized carbons (Fsp3) is 0.800. The van der Waals surface area contributed by atoms with Crippen molar-refractivity contribution in [1.29, 1.82) is 5.26 Å². The van der Waals surface area contributed by atoms with E-state index in [4.69, 9.17) is 5.26 Å². The molecule has 4 nitrogen and oxygen atoms in total. The highest BCUT2D eigenvalue weighted by Gasteiger charge is 2.29. The van der Waals surface area contributed by atoms with E-state index in [-0.39, 0.29) is 18.4 Å². The number of carbonyl (C=O) groups is 1. The number of hydrogen-bond acceptors (Lipinski definition) is 3. The Morgan fingerprint density at radius 3 is 3.00 bits per heavy atom. The summed E-state index contributed by atoms with van der Waals surface area (Å²) < 4.78 is 0. The monoisotopic (exact) mass is 196 g/mol. The fourth-order valence-electron chi connectivity index (χ4n) is 1.94. The Balaban J connectivity index is 2.63. The molecule has 0 bridgehead atoms. The van der Waals surface area contributed by atoms with Crippen LogP contribution in [0, 0.1) is 11.3 Å². The largest absolute Gasteiger partial charge is 0.391 e. The van der Waals surface area contributed by atoms with Crippen molar-refractivity contribution in [2.45, 2.75) is 44.8 Å². The van der Waals surface area contributed by atoms with Gasteiger partial charge in [-0.05, 0) is 26.2 Å². The molecule has 0 aliphatic carbocycles. The van der Waals surface area contributed by atoms with Gasteiger partial charge in [0.05, 0.1) is 18.2 Å². The van der Waals surface area contributed by atoms with Crippen LogP contribution in [0.5, 0.6) is 0 Å². The number of aliphatic hydroxyl groups is 1. The lowest BCUT2D eigenvalue weighted by atomic mass is 9.98. The summed E-state index contributed by atoms with van der Waals surface area (Å²) >= 11 is 0. The first-order chi connectivity index (χ1) is 6.66. The second kappa shape index (κ2) is 4.97. The lowest BCUT2D eigenvalue weighted by Gasteiger charge is -2.37. The van der Waals surface area contributed by atoms with E-state index in [1.165, 1.54) is 0 Å². The van der Waals surface area contributed by atoms with Crippen molar-refractivity contribution < 1.29 is 9.90 Å².